The lowest BCUT2D eigenvalue weighted by molar-refractivity contribution is -0.189. The van der Waals surface area contributed by atoms with Gasteiger partial charge in [-0.15, -0.1) is 0 Å². The summed E-state index contributed by atoms with van der Waals surface area (Å²) in [4.78, 5) is 23.8. The van der Waals surface area contributed by atoms with E-state index in [4.69, 9.17) is 14.6 Å². The van der Waals surface area contributed by atoms with Gasteiger partial charge in [0, 0.05) is 5.92 Å². The van der Waals surface area contributed by atoms with Crippen LogP contribution in [-0.2, 0) is 9.53 Å². The van der Waals surface area contributed by atoms with Crippen molar-refractivity contribution in [3.63, 3.8) is 0 Å². The number of fused-ring (bicyclic) bond motifs is 2. The Hall–Kier alpha value is -2.18. The molecule has 1 aromatic carbocycles. The molecule has 4 rings (SSSR count). The molecule has 170 valence electrons. The Labute approximate surface area is 181 Å². The normalized spacial score (nSPS) is 29.5. The summed E-state index contributed by atoms with van der Waals surface area (Å²) in [6.07, 6.45) is 5.89. The molecule has 0 radical (unpaired) electrons. The first-order valence-electron chi connectivity index (χ1n) is 11.3. The number of carboxylic acid groups (broad SMARTS) is 1. The van der Waals surface area contributed by atoms with Gasteiger partial charge in [-0.2, -0.15) is 8.78 Å². The van der Waals surface area contributed by atoms with Gasteiger partial charge in [0.05, 0.1) is 5.56 Å². The maximum Gasteiger partial charge on any atom is 0.378 e. The van der Waals surface area contributed by atoms with Crippen molar-refractivity contribution < 1.29 is 33.0 Å². The molecule has 0 heterocycles. The summed E-state index contributed by atoms with van der Waals surface area (Å²) in [6, 6.07) is 6.29. The topological polar surface area (TPSA) is 72.8 Å². The first kappa shape index (κ1) is 22.0. The second kappa shape index (κ2) is 8.40. The van der Waals surface area contributed by atoms with Gasteiger partial charge in [0.2, 0.25) is 0 Å². The SMILES string of the molecule is CC1(Oc2ccc(C(=O)OC(C3CCCCC3)C(F)(F)C(=O)O)cc2)CC2CCC1C2. The van der Waals surface area contributed by atoms with Gasteiger partial charge in [-0.05, 0) is 81.5 Å². The molecule has 0 saturated heterocycles. The summed E-state index contributed by atoms with van der Waals surface area (Å²) in [5.41, 5.74) is -0.104. The van der Waals surface area contributed by atoms with Crippen LogP contribution in [0.2, 0.25) is 0 Å². The first-order valence-corrected chi connectivity index (χ1v) is 11.3. The highest BCUT2D eigenvalue weighted by Crippen LogP contribution is 2.52. The maximum absolute atomic E-state index is 14.4. The number of benzene rings is 1. The molecule has 4 unspecified atom stereocenters. The van der Waals surface area contributed by atoms with E-state index < -0.39 is 29.9 Å². The van der Waals surface area contributed by atoms with E-state index in [9.17, 15) is 18.4 Å². The lowest BCUT2D eigenvalue weighted by atomic mass is 9.83. The summed E-state index contributed by atoms with van der Waals surface area (Å²) in [5, 5.41) is 9.01. The number of alkyl halides is 2. The fourth-order valence-corrected chi connectivity index (χ4v) is 5.82. The van der Waals surface area contributed by atoms with Crippen LogP contribution in [0.3, 0.4) is 0 Å². The van der Waals surface area contributed by atoms with Gasteiger partial charge in [-0.1, -0.05) is 19.3 Å². The van der Waals surface area contributed by atoms with Gasteiger partial charge in [0.25, 0.3) is 0 Å². The molecule has 3 aliphatic carbocycles. The third-order valence-corrected chi connectivity index (χ3v) is 7.49. The number of carboxylic acids is 1. The smallest absolute Gasteiger partial charge is 0.378 e. The van der Waals surface area contributed by atoms with E-state index in [2.05, 4.69) is 6.92 Å². The third kappa shape index (κ3) is 4.41. The van der Waals surface area contributed by atoms with Gasteiger partial charge in [0.15, 0.2) is 6.10 Å². The zero-order valence-corrected chi connectivity index (χ0v) is 17.8. The quantitative estimate of drug-likeness (QED) is 0.574. The average molecular weight is 436 g/mol. The highest BCUT2D eigenvalue weighted by molar-refractivity contribution is 5.90. The van der Waals surface area contributed by atoms with Crippen LogP contribution in [0.25, 0.3) is 0 Å². The molecule has 2 bridgehead atoms. The molecule has 0 aliphatic heterocycles. The molecule has 0 aromatic heterocycles. The fourth-order valence-electron chi connectivity index (χ4n) is 5.82. The minimum absolute atomic E-state index is 0.104. The molecule has 3 aliphatic rings. The summed E-state index contributed by atoms with van der Waals surface area (Å²) in [6.45, 7) is 2.13. The number of halogens is 2. The number of ether oxygens (including phenoxy) is 2. The molecule has 1 aromatic rings. The van der Waals surface area contributed by atoms with E-state index >= 15 is 0 Å². The average Bonchev–Trinajstić information content (AvgIpc) is 3.33. The molecule has 1 N–H and O–H groups in total. The minimum Gasteiger partial charge on any atom is -0.487 e. The van der Waals surface area contributed by atoms with Crippen molar-refractivity contribution in [1.82, 2.24) is 0 Å². The summed E-state index contributed by atoms with van der Waals surface area (Å²) >= 11 is 0. The van der Waals surface area contributed by atoms with Gasteiger partial charge in [0.1, 0.15) is 11.4 Å². The number of rotatable bonds is 7. The Morgan fingerprint density at radius 3 is 2.32 bits per heavy atom. The molecule has 5 nitrogen and oxygen atoms in total. The van der Waals surface area contributed by atoms with Crippen molar-refractivity contribution >= 4 is 11.9 Å². The van der Waals surface area contributed by atoms with Crippen molar-refractivity contribution in [2.45, 2.75) is 82.3 Å². The van der Waals surface area contributed by atoms with E-state index in [1.54, 1.807) is 12.1 Å². The van der Waals surface area contributed by atoms with E-state index in [1.165, 1.54) is 31.4 Å². The molecule has 7 heteroatoms. The van der Waals surface area contributed by atoms with Gasteiger partial charge >= 0.3 is 17.9 Å². The molecule has 3 saturated carbocycles. The Kier molecular flexibility index (Phi) is 5.97. The molecule has 0 amide bonds. The predicted molar refractivity (Wildman–Crippen MR) is 109 cm³/mol. The van der Waals surface area contributed by atoms with Crippen LogP contribution in [0.1, 0.15) is 75.1 Å². The van der Waals surface area contributed by atoms with Gasteiger partial charge < -0.3 is 14.6 Å². The van der Waals surface area contributed by atoms with Crippen molar-refractivity contribution in [2.24, 2.45) is 17.8 Å². The highest BCUT2D eigenvalue weighted by atomic mass is 19.3. The molecule has 0 spiro atoms. The number of hydrogen-bond donors (Lipinski definition) is 1. The van der Waals surface area contributed by atoms with Crippen molar-refractivity contribution in [1.29, 1.82) is 0 Å². The number of hydrogen-bond acceptors (Lipinski definition) is 4. The fraction of sp³-hybridized carbons (Fsp3) is 0.667. The van der Waals surface area contributed by atoms with Crippen LogP contribution in [-0.4, -0.2) is 34.7 Å². The van der Waals surface area contributed by atoms with E-state index in [-0.39, 0.29) is 11.2 Å². The minimum atomic E-state index is -4.13. The Morgan fingerprint density at radius 1 is 1.10 bits per heavy atom. The largest absolute Gasteiger partial charge is 0.487 e. The van der Waals surface area contributed by atoms with Crippen LogP contribution in [0.15, 0.2) is 24.3 Å². The van der Waals surface area contributed by atoms with E-state index in [0.29, 0.717) is 24.5 Å². The highest BCUT2D eigenvalue weighted by Gasteiger charge is 2.54. The molecule has 31 heavy (non-hydrogen) atoms. The second-order valence-electron chi connectivity index (χ2n) is 9.67. The number of esters is 1. The molecule has 4 atom stereocenters. The predicted octanol–water partition coefficient (Wildman–Crippen LogP) is 5.47. The van der Waals surface area contributed by atoms with Crippen LogP contribution < -0.4 is 4.74 Å². The third-order valence-electron chi connectivity index (χ3n) is 7.49. The van der Waals surface area contributed by atoms with Crippen LogP contribution in [0.4, 0.5) is 8.78 Å². The molecular formula is C24H30F2O5. The van der Waals surface area contributed by atoms with Gasteiger partial charge in [-0.25, -0.2) is 9.59 Å². The Morgan fingerprint density at radius 2 is 1.77 bits per heavy atom. The summed E-state index contributed by atoms with van der Waals surface area (Å²) < 4.78 is 40.1. The van der Waals surface area contributed by atoms with Crippen LogP contribution in [0.5, 0.6) is 5.75 Å². The zero-order chi connectivity index (χ0) is 22.2. The van der Waals surface area contributed by atoms with Crippen molar-refractivity contribution in [3.8, 4) is 5.75 Å². The number of aliphatic carboxylic acids is 1. The molecular weight excluding hydrogens is 406 g/mol. The second-order valence-corrected chi connectivity index (χ2v) is 9.67. The Balaban J connectivity index is 1.44. The van der Waals surface area contributed by atoms with E-state index in [1.807, 2.05) is 0 Å². The van der Waals surface area contributed by atoms with Crippen molar-refractivity contribution in [2.75, 3.05) is 0 Å². The lowest BCUT2D eigenvalue weighted by Crippen LogP contribution is -2.48. The summed E-state index contributed by atoms with van der Waals surface area (Å²) in [7, 11) is 0. The van der Waals surface area contributed by atoms with Crippen LogP contribution >= 0.6 is 0 Å². The Bertz CT molecular complexity index is 818. The monoisotopic (exact) mass is 436 g/mol. The zero-order valence-electron chi connectivity index (χ0n) is 17.8. The molecule has 3 fully saturated rings. The first-order chi connectivity index (χ1) is 14.7. The number of carbonyl (C=O) groups is 2. The van der Waals surface area contributed by atoms with Crippen LogP contribution in [0, 0.1) is 17.8 Å². The lowest BCUT2D eigenvalue weighted by Gasteiger charge is -2.34. The maximum atomic E-state index is 14.4. The summed E-state index contributed by atoms with van der Waals surface area (Å²) in [5.74, 6) is -6.10. The number of carbonyl (C=O) groups excluding carboxylic acids is 1. The van der Waals surface area contributed by atoms with Gasteiger partial charge in [-0.3, -0.25) is 0 Å². The van der Waals surface area contributed by atoms with Crippen molar-refractivity contribution in [3.05, 3.63) is 29.8 Å². The standard InChI is InChI=1S/C24H30F2O5/c1-23(14-15-7-10-18(23)13-15)31-19-11-8-17(9-12-19)21(27)30-20(24(25,26)22(28)29)16-5-3-2-4-6-16/h8-9,11-12,15-16,18,20H,2-7,10,13-14H2,1H3,(H,28,29). The van der Waals surface area contributed by atoms with E-state index in [0.717, 1.165) is 31.6 Å².